The summed E-state index contributed by atoms with van der Waals surface area (Å²) in [5, 5.41) is 19.5. The van der Waals surface area contributed by atoms with E-state index in [0.29, 0.717) is 17.6 Å². The number of fused-ring (bicyclic) bond motifs is 3. The summed E-state index contributed by atoms with van der Waals surface area (Å²) in [4.78, 5) is 12.1. The first-order chi connectivity index (χ1) is 10.3. The van der Waals surface area contributed by atoms with Crippen molar-refractivity contribution in [3.05, 3.63) is 11.6 Å². The molecule has 2 N–H and O–H groups in total. The highest BCUT2D eigenvalue weighted by atomic mass is 16.3. The molecule has 124 valence electrons. The number of carbonyl (C=O) groups is 1. The average molecular weight is 306 g/mol. The third-order valence-corrected chi connectivity index (χ3v) is 7.28. The molecule has 3 heteroatoms. The molecular formula is C19H30O3. The monoisotopic (exact) mass is 306 g/mol. The molecule has 0 amide bonds. The molecule has 0 bridgehead atoms. The predicted molar refractivity (Wildman–Crippen MR) is 86.2 cm³/mol. The summed E-state index contributed by atoms with van der Waals surface area (Å²) in [5.41, 5.74) is 1.42. The maximum atomic E-state index is 12.1. The van der Waals surface area contributed by atoms with Crippen LogP contribution in [0.15, 0.2) is 11.6 Å². The van der Waals surface area contributed by atoms with Crippen LogP contribution in [0.25, 0.3) is 0 Å². The van der Waals surface area contributed by atoms with Gasteiger partial charge >= 0.3 is 0 Å². The second-order valence-corrected chi connectivity index (χ2v) is 8.42. The standard InChI is InChI=1S/C19H30O3/c1-12-14-5-4-13-10-18(2,17(22)11-20)8-6-15(13)19(14,3)9-7-16(12)21/h10,12,14-15,17,20,22H,4-9,11H2,1-3H3/t12-,14+,15+,17?,18-,19+/m1/s1. The van der Waals surface area contributed by atoms with E-state index >= 15 is 0 Å². The quantitative estimate of drug-likeness (QED) is 0.771. The van der Waals surface area contributed by atoms with Crippen molar-refractivity contribution in [1.29, 1.82) is 0 Å². The van der Waals surface area contributed by atoms with Crippen LogP contribution in [0.3, 0.4) is 0 Å². The van der Waals surface area contributed by atoms with E-state index in [9.17, 15) is 15.0 Å². The Morgan fingerprint density at radius 3 is 2.68 bits per heavy atom. The molecule has 0 aromatic heterocycles. The topological polar surface area (TPSA) is 57.5 Å². The second kappa shape index (κ2) is 5.45. The molecule has 0 saturated heterocycles. The molecule has 3 aliphatic carbocycles. The van der Waals surface area contributed by atoms with Gasteiger partial charge in [0.05, 0.1) is 12.7 Å². The summed E-state index contributed by atoms with van der Waals surface area (Å²) < 4.78 is 0. The number of carbonyl (C=O) groups excluding carboxylic acids is 1. The average Bonchev–Trinajstić information content (AvgIpc) is 2.50. The zero-order chi connectivity index (χ0) is 16.1. The number of allylic oxidation sites excluding steroid dienone is 1. The molecule has 6 atom stereocenters. The minimum absolute atomic E-state index is 0.170. The molecule has 0 spiro atoms. The maximum absolute atomic E-state index is 12.1. The summed E-state index contributed by atoms with van der Waals surface area (Å²) in [6.45, 7) is 6.42. The Labute approximate surface area is 133 Å². The van der Waals surface area contributed by atoms with E-state index in [1.54, 1.807) is 0 Å². The van der Waals surface area contributed by atoms with Crippen LogP contribution >= 0.6 is 0 Å². The van der Waals surface area contributed by atoms with Crippen molar-refractivity contribution < 1.29 is 15.0 Å². The Balaban J connectivity index is 1.91. The van der Waals surface area contributed by atoms with Crippen LogP contribution in [0.2, 0.25) is 0 Å². The summed E-state index contributed by atoms with van der Waals surface area (Å²) in [6.07, 6.45) is 7.49. The maximum Gasteiger partial charge on any atom is 0.136 e. The number of hydrogen-bond acceptors (Lipinski definition) is 3. The van der Waals surface area contributed by atoms with E-state index in [1.165, 1.54) is 5.57 Å². The van der Waals surface area contributed by atoms with Crippen molar-refractivity contribution in [2.24, 2.45) is 28.6 Å². The molecule has 3 aliphatic rings. The summed E-state index contributed by atoms with van der Waals surface area (Å²) in [6, 6.07) is 0. The van der Waals surface area contributed by atoms with E-state index in [2.05, 4.69) is 26.8 Å². The molecular weight excluding hydrogens is 276 g/mol. The number of aliphatic hydroxyl groups is 2. The fourth-order valence-corrected chi connectivity index (χ4v) is 5.64. The van der Waals surface area contributed by atoms with E-state index in [1.807, 2.05) is 0 Å². The summed E-state index contributed by atoms with van der Waals surface area (Å²) in [7, 11) is 0. The van der Waals surface area contributed by atoms with Crippen LogP contribution in [0.4, 0.5) is 0 Å². The Kier molecular flexibility index (Phi) is 4.01. The van der Waals surface area contributed by atoms with Crippen molar-refractivity contribution in [3.8, 4) is 0 Å². The molecule has 3 nitrogen and oxygen atoms in total. The highest BCUT2D eigenvalue weighted by molar-refractivity contribution is 5.82. The van der Waals surface area contributed by atoms with Gasteiger partial charge in [-0.1, -0.05) is 32.4 Å². The summed E-state index contributed by atoms with van der Waals surface area (Å²) >= 11 is 0. The molecule has 0 aromatic rings. The smallest absolute Gasteiger partial charge is 0.136 e. The van der Waals surface area contributed by atoms with Crippen LogP contribution in [0, 0.1) is 28.6 Å². The lowest BCUT2D eigenvalue weighted by molar-refractivity contribution is -0.134. The van der Waals surface area contributed by atoms with Crippen LogP contribution in [0.1, 0.15) is 59.3 Å². The largest absolute Gasteiger partial charge is 0.394 e. The fourth-order valence-electron chi connectivity index (χ4n) is 5.64. The molecule has 2 fully saturated rings. The molecule has 0 aromatic carbocycles. The van der Waals surface area contributed by atoms with Crippen molar-refractivity contribution in [2.45, 2.75) is 65.4 Å². The zero-order valence-electron chi connectivity index (χ0n) is 14.1. The lowest BCUT2D eigenvalue weighted by Crippen LogP contribution is -2.50. The first-order valence-electron chi connectivity index (χ1n) is 8.85. The molecule has 0 heterocycles. The third-order valence-electron chi connectivity index (χ3n) is 7.28. The van der Waals surface area contributed by atoms with E-state index in [0.717, 1.165) is 38.5 Å². The van der Waals surface area contributed by atoms with Crippen LogP contribution < -0.4 is 0 Å². The SMILES string of the molecule is C[C@H]1C(=O)CC[C@]2(C)[C@H]3CC[C@@](C)(C(O)CO)C=C3CC[C@@H]12. The van der Waals surface area contributed by atoms with Gasteiger partial charge < -0.3 is 10.2 Å². The number of hydrogen-bond donors (Lipinski definition) is 2. The van der Waals surface area contributed by atoms with Crippen molar-refractivity contribution in [2.75, 3.05) is 6.61 Å². The first-order valence-corrected chi connectivity index (χ1v) is 8.85. The van der Waals surface area contributed by atoms with Gasteiger partial charge in [0.25, 0.3) is 0 Å². The fraction of sp³-hybridized carbons (Fsp3) is 0.842. The van der Waals surface area contributed by atoms with E-state index in [4.69, 9.17) is 0 Å². The molecule has 1 unspecified atom stereocenters. The Hall–Kier alpha value is -0.670. The Morgan fingerprint density at radius 2 is 2.00 bits per heavy atom. The Bertz CT molecular complexity index is 497. The number of Topliss-reactive ketones (excluding diaryl/α,β-unsaturated/α-hetero) is 1. The summed E-state index contributed by atoms with van der Waals surface area (Å²) in [5.74, 6) is 1.73. The van der Waals surface area contributed by atoms with Crippen molar-refractivity contribution in [1.82, 2.24) is 0 Å². The minimum Gasteiger partial charge on any atom is -0.394 e. The normalized spacial score (nSPS) is 46.5. The van der Waals surface area contributed by atoms with Crippen LogP contribution in [0.5, 0.6) is 0 Å². The van der Waals surface area contributed by atoms with Gasteiger partial charge in [-0.15, -0.1) is 0 Å². The van der Waals surface area contributed by atoms with Gasteiger partial charge in [0.1, 0.15) is 5.78 Å². The molecule has 2 saturated carbocycles. The van der Waals surface area contributed by atoms with Gasteiger partial charge in [0.15, 0.2) is 0 Å². The minimum atomic E-state index is -0.668. The van der Waals surface area contributed by atoms with Gasteiger partial charge in [0.2, 0.25) is 0 Å². The first kappa shape index (κ1) is 16.2. The highest BCUT2D eigenvalue weighted by Gasteiger charge is 2.53. The lowest BCUT2D eigenvalue weighted by Gasteiger charge is -2.56. The molecule has 0 radical (unpaired) electrons. The predicted octanol–water partition coefficient (Wildman–Crippen LogP) is 3.10. The molecule has 0 aliphatic heterocycles. The van der Waals surface area contributed by atoms with Gasteiger partial charge in [-0.25, -0.2) is 0 Å². The molecule has 22 heavy (non-hydrogen) atoms. The van der Waals surface area contributed by atoms with Crippen molar-refractivity contribution >= 4 is 5.78 Å². The van der Waals surface area contributed by atoms with Gasteiger partial charge in [-0.2, -0.15) is 0 Å². The molecule has 3 rings (SSSR count). The van der Waals surface area contributed by atoms with Gasteiger partial charge in [-0.3, -0.25) is 4.79 Å². The van der Waals surface area contributed by atoms with Gasteiger partial charge in [-0.05, 0) is 49.4 Å². The number of aliphatic hydroxyl groups excluding tert-OH is 2. The van der Waals surface area contributed by atoms with Crippen molar-refractivity contribution in [3.63, 3.8) is 0 Å². The lowest BCUT2D eigenvalue weighted by atomic mass is 9.48. The highest BCUT2D eigenvalue weighted by Crippen LogP contribution is 2.60. The van der Waals surface area contributed by atoms with Gasteiger partial charge in [0, 0.05) is 17.8 Å². The number of ketones is 1. The third kappa shape index (κ3) is 2.28. The zero-order valence-corrected chi connectivity index (χ0v) is 14.1. The van der Waals surface area contributed by atoms with E-state index < -0.39 is 6.10 Å². The Morgan fingerprint density at radius 1 is 1.27 bits per heavy atom. The second-order valence-electron chi connectivity index (χ2n) is 8.42. The van der Waals surface area contributed by atoms with Crippen LogP contribution in [-0.2, 0) is 4.79 Å². The number of rotatable bonds is 2. The van der Waals surface area contributed by atoms with E-state index in [-0.39, 0.29) is 23.4 Å². The van der Waals surface area contributed by atoms with Crippen LogP contribution in [-0.4, -0.2) is 28.7 Å².